The maximum atomic E-state index is 11.6. The molecule has 0 aliphatic carbocycles. The van der Waals surface area contributed by atoms with Crippen LogP contribution in [0.3, 0.4) is 0 Å². The van der Waals surface area contributed by atoms with Crippen molar-refractivity contribution < 1.29 is 9.90 Å². The molecule has 3 N–H and O–H groups in total. The van der Waals surface area contributed by atoms with Crippen LogP contribution in [0.15, 0.2) is 11.1 Å². The molecule has 1 aliphatic heterocycles. The van der Waals surface area contributed by atoms with Crippen LogP contribution in [0.1, 0.15) is 20.3 Å². The molecule has 80 valence electrons. The van der Waals surface area contributed by atoms with Gasteiger partial charge in [0, 0.05) is 31.3 Å². The van der Waals surface area contributed by atoms with Gasteiger partial charge in [0.1, 0.15) is 0 Å². The summed E-state index contributed by atoms with van der Waals surface area (Å²) in [6.45, 7) is 5.50. The average molecular weight is 198 g/mol. The molecule has 4 heteroatoms. The van der Waals surface area contributed by atoms with Gasteiger partial charge in [-0.25, -0.2) is 0 Å². The molecular formula is C10H18N2O2. The summed E-state index contributed by atoms with van der Waals surface area (Å²) in [5.41, 5.74) is 1.99. The highest BCUT2D eigenvalue weighted by atomic mass is 16.3. The zero-order valence-corrected chi connectivity index (χ0v) is 8.76. The SMILES string of the molecule is CC(C(=O)NC(C)CCO)=C1CNC1. The summed E-state index contributed by atoms with van der Waals surface area (Å²) in [5, 5.41) is 14.6. The van der Waals surface area contributed by atoms with Gasteiger partial charge in [-0.15, -0.1) is 0 Å². The zero-order chi connectivity index (χ0) is 10.6. The number of rotatable bonds is 4. The Balaban J connectivity index is 2.41. The third kappa shape index (κ3) is 2.82. The Hall–Kier alpha value is -0.870. The van der Waals surface area contributed by atoms with Gasteiger partial charge in [-0.2, -0.15) is 0 Å². The lowest BCUT2D eigenvalue weighted by atomic mass is 10.0. The lowest BCUT2D eigenvalue weighted by molar-refractivity contribution is -0.118. The first kappa shape index (κ1) is 11.2. The number of aliphatic hydroxyl groups excluding tert-OH is 1. The van der Waals surface area contributed by atoms with Crippen molar-refractivity contribution in [2.24, 2.45) is 0 Å². The normalized spacial score (nSPS) is 17.2. The molecule has 0 saturated carbocycles. The van der Waals surface area contributed by atoms with Crippen LogP contribution in [0.25, 0.3) is 0 Å². The Morgan fingerprint density at radius 2 is 2.29 bits per heavy atom. The van der Waals surface area contributed by atoms with Gasteiger partial charge in [-0.1, -0.05) is 0 Å². The van der Waals surface area contributed by atoms with E-state index in [1.807, 2.05) is 13.8 Å². The van der Waals surface area contributed by atoms with E-state index < -0.39 is 0 Å². The molecule has 0 aromatic carbocycles. The van der Waals surface area contributed by atoms with Crippen LogP contribution >= 0.6 is 0 Å². The number of nitrogens with one attached hydrogen (secondary N) is 2. The van der Waals surface area contributed by atoms with E-state index in [1.165, 1.54) is 5.57 Å². The number of hydrogen-bond donors (Lipinski definition) is 3. The second kappa shape index (κ2) is 5.12. The Kier molecular flexibility index (Phi) is 4.10. The van der Waals surface area contributed by atoms with E-state index in [4.69, 9.17) is 5.11 Å². The fraction of sp³-hybridized carbons (Fsp3) is 0.700. The van der Waals surface area contributed by atoms with Crippen LogP contribution in [-0.4, -0.2) is 36.8 Å². The molecule has 1 unspecified atom stereocenters. The summed E-state index contributed by atoms with van der Waals surface area (Å²) >= 11 is 0. The highest BCUT2D eigenvalue weighted by Gasteiger charge is 2.16. The number of hydrogen-bond acceptors (Lipinski definition) is 3. The monoisotopic (exact) mass is 198 g/mol. The topological polar surface area (TPSA) is 61.4 Å². The van der Waals surface area contributed by atoms with Gasteiger partial charge in [0.05, 0.1) is 0 Å². The first-order valence-corrected chi connectivity index (χ1v) is 4.96. The molecular weight excluding hydrogens is 180 g/mol. The fourth-order valence-corrected chi connectivity index (χ4v) is 1.27. The lowest BCUT2D eigenvalue weighted by Crippen LogP contribution is -2.39. The summed E-state index contributed by atoms with van der Waals surface area (Å²) in [4.78, 5) is 11.6. The minimum atomic E-state index is -0.0116. The second-order valence-electron chi connectivity index (χ2n) is 3.72. The third-order valence-corrected chi connectivity index (χ3v) is 2.49. The smallest absolute Gasteiger partial charge is 0.247 e. The molecule has 1 fully saturated rings. The Bertz CT molecular complexity index is 243. The van der Waals surface area contributed by atoms with Gasteiger partial charge in [-0.05, 0) is 25.8 Å². The van der Waals surface area contributed by atoms with Gasteiger partial charge in [0.15, 0.2) is 0 Å². The molecule has 0 aromatic rings. The maximum absolute atomic E-state index is 11.6. The number of carbonyl (C=O) groups is 1. The number of carbonyl (C=O) groups excluding carboxylic acids is 1. The van der Waals surface area contributed by atoms with Crippen molar-refractivity contribution in [3.8, 4) is 0 Å². The molecule has 14 heavy (non-hydrogen) atoms. The van der Waals surface area contributed by atoms with E-state index >= 15 is 0 Å². The van der Waals surface area contributed by atoms with Crippen molar-refractivity contribution in [3.63, 3.8) is 0 Å². The molecule has 0 aromatic heterocycles. The van der Waals surface area contributed by atoms with Crippen LogP contribution < -0.4 is 10.6 Å². The van der Waals surface area contributed by atoms with Crippen molar-refractivity contribution in [2.45, 2.75) is 26.3 Å². The Morgan fingerprint density at radius 1 is 1.64 bits per heavy atom. The molecule has 0 bridgehead atoms. The number of aliphatic hydroxyl groups is 1. The minimum Gasteiger partial charge on any atom is -0.396 e. The second-order valence-corrected chi connectivity index (χ2v) is 3.72. The van der Waals surface area contributed by atoms with Crippen molar-refractivity contribution in [1.82, 2.24) is 10.6 Å². The highest BCUT2D eigenvalue weighted by Crippen LogP contribution is 2.08. The molecule has 1 rings (SSSR count). The summed E-state index contributed by atoms with van der Waals surface area (Å²) in [6.07, 6.45) is 0.604. The largest absolute Gasteiger partial charge is 0.396 e. The molecule has 1 amide bonds. The first-order chi connectivity index (χ1) is 6.65. The molecule has 0 radical (unpaired) electrons. The standard InChI is InChI=1S/C10H18N2O2/c1-7(3-4-13)12-10(14)8(2)9-5-11-6-9/h7,11,13H,3-6H2,1-2H3,(H,12,14). The van der Waals surface area contributed by atoms with E-state index in [0.717, 1.165) is 18.7 Å². The minimum absolute atomic E-state index is 0.0116. The van der Waals surface area contributed by atoms with Crippen molar-refractivity contribution >= 4 is 5.91 Å². The number of amides is 1. The predicted molar refractivity (Wildman–Crippen MR) is 54.9 cm³/mol. The van der Waals surface area contributed by atoms with Crippen LogP contribution in [0, 0.1) is 0 Å². The zero-order valence-electron chi connectivity index (χ0n) is 8.76. The van der Waals surface area contributed by atoms with Gasteiger partial charge in [-0.3, -0.25) is 4.79 Å². The van der Waals surface area contributed by atoms with Crippen LogP contribution in [0.4, 0.5) is 0 Å². The van der Waals surface area contributed by atoms with E-state index in [1.54, 1.807) is 0 Å². The molecule has 1 atom stereocenters. The molecule has 0 spiro atoms. The lowest BCUT2D eigenvalue weighted by Gasteiger charge is -2.22. The predicted octanol–water partition coefficient (Wildman–Crippen LogP) is -0.207. The van der Waals surface area contributed by atoms with Crippen LogP contribution in [-0.2, 0) is 4.79 Å². The van der Waals surface area contributed by atoms with Gasteiger partial charge < -0.3 is 15.7 Å². The molecule has 1 heterocycles. The van der Waals surface area contributed by atoms with Crippen LogP contribution in [0.2, 0.25) is 0 Å². The van der Waals surface area contributed by atoms with Gasteiger partial charge in [0.2, 0.25) is 5.91 Å². The summed E-state index contributed by atoms with van der Waals surface area (Å²) < 4.78 is 0. The first-order valence-electron chi connectivity index (χ1n) is 4.96. The maximum Gasteiger partial charge on any atom is 0.247 e. The summed E-state index contributed by atoms with van der Waals surface area (Å²) in [7, 11) is 0. The average Bonchev–Trinajstić information content (AvgIpc) is 2.01. The van der Waals surface area contributed by atoms with Crippen molar-refractivity contribution in [2.75, 3.05) is 19.7 Å². The third-order valence-electron chi connectivity index (χ3n) is 2.49. The Morgan fingerprint density at radius 3 is 2.71 bits per heavy atom. The summed E-state index contributed by atoms with van der Waals surface area (Å²) in [5.74, 6) is -0.0116. The quantitative estimate of drug-likeness (QED) is 0.548. The molecule has 1 aliphatic rings. The van der Waals surface area contributed by atoms with E-state index in [2.05, 4.69) is 10.6 Å². The fourth-order valence-electron chi connectivity index (χ4n) is 1.27. The highest BCUT2D eigenvalue weighted by molar-refractivity contribution is 5.94. The Labute approximate surface area is 84.4 Å². The van der Waals surface area contributed by atoms with Crippen molar-refractivity contribution in [1.29, 1.82) is 0 Å². The van der Waals surface area contributed by atoms with Crippen molar-refractivity contribution in [3.05, 3.63) is 11.1 Å². The molecule has 1 saturated heterocycles. The van der Waals surface area contributed by atoms with E-state index in [9.17, 15) is 4.79 Å². The van der Waals surface area contributed by atoms with Gasteiger partial charge >= 0.3 is 0 Å². The molecule has 4 nitrogen and oxygen atoms in total. The summed E-state index contributed by atoms with van der Waals surface area (Å²) in [6, 6.07) is 0.0380. The van der Waals surface area contributed by atoms with E-state index in [-0.39, 0.29) is 18.6 Å². The van der Waals surface area contributed by atoms with Crippen LogP contribution in [0.5, 0.6) is 0 Å². The van der Waals surface area contributed by atoms with Gasteiger partial charge in [0.25, 0.3) is 0 Å². The van der Waals surface area contributed by atoms with E-state index in [0.29, 0.717) is 6.42 Å².